The third-order valence-corrected chi connectivity index (χ3v) is 5.16. The van der Waals surface area contributed by atoms with Gasteiger partial charge in [0.05, 0.1) is 25.6 Å². The Morgan fingerprint density at radius 2 is 1.79 bits per heavy atom. The average Bonchev–Trinajstić information content (AvgIpc) is 2.67. The van der Waals surface area contributed by atoms with Crippen molar-refractivity contribution in [2.45, 2.75) is 25.4 Å². The number of methoxy groups -OCH3 is 1. The summed E-state index contributed by atoms with van der Waals surface area (Å²) in [6.07, 6.45) is 0.166. The number of hydrogen-bond acceptors (Lipinski definition) is 4. The molecule has 0 aromatic heterocycles. The summed E-state index contributed by atoms with van der Waals surface area (Å²) >= 11 is 3.40. The topological polar surface area (TPSA) is 70.7 Å². The minimum atomic E-state index is -0.379. The Kier molecular flexibility index (Phi) is 8.67. The highest BCUT2D eigenvalue weighted by atomic mass is 79.9. The number of carbonyl (C=O) groups is 2. The predicted octanol–water partition coefficient (Wildman–Crippen LogP) is 3.44. The van der Waals surface area contributed by atoms with Crippen molar-refractivity contribution in [2.75, 3.05) is 27.7 Å². The molecule has 2 aromatic rings. The van der Waals surface area contributed by atoms with Gasteiger partial charge in [-0.1, -0.05) is 40.2 Å². The van der Waals surface area contributed by atoms with Gasteiger partial charge in [-0.05, 0) is 49.5 Å². The van der Waals surface area contributed by atoms with Crippen LogP contribution in [0, 0.1) is 0 Å². The summed E-state index contributed by atoms with van der Waals surface area (Å²) in [5.74, 6) is 0.483. The van der Waals surface area contributed by atoms with Gasteiger partial charge in [0.25, 0.3) is 0 Å². The van der Waals surface area contributed by atoms with Crippen LogP contribution in [-0.2, 0) is 9.59 Å². The van der Waals surface area contributed by atoms with Crippen LogP contribution < -0.4 is 15.4 Å². The minimum absolute atomic E-state index is 0.000877. The lowest BCUT2D eigenvalue weighted by Crippen LogP contribution is -2.37. The van der Waals surface area contributed by atoms with Crippen LogP contribution in [0.3, 0.4) is 0 Å². The number of rotatable bonds is 9. The fraction of sp³-hybridized carbons (Fsp3) is 0.364. The van der Waals surface area contributed by atoms with Crippen LogP contribution in [-0.4, -0.2) is 44.5 Å². The summed E-state index contributed by atoms with van der Waals surface area (Å²) < 4.78 is 6.25. The van der Waals surface area contributed by atoms with Crippen molar-refractivity contribution in [3.8, 4) is 5.75 Å². The molecule has 0 saturated carbocycles. The number of ether oxygens (including phenoxy) is 1. The highest BCUT2D eigenvalue weighted by Crippen LogP contribution is 2.23. The molecular formula is C22H28BrN3O3. The van der Waals surface area contributed by atoms with Gasteiger partial charge in [-0.25, -0.2) is 0 Å². The van der Waals surface area contributed by atoms with E-state index < -0.39 is 0 Å². The Morgan fingerprint density at radius 1 is 1.10 bits per heavy atom. The summed E-state index contributed by atoms with van der Waals surface area (Å²) in [7, 11) is 5.58. The number of likely N-dealkylation sites (N-methyl/N-ethyl adjacent to an activating group) is 1. The lowest BCUT2D eigenvalue weighted by atomic mass is 10.0. The normalized spacial score (nSPS) is 12.9. The lowest BCUT2D eigenvalue weighted by Gasteiger charge is -2.26. The van der Waals surface area contributed by atoms with Gasteiger partial charge < -0.3 is 20.3 Å². The first kappa shape index (κ1) is 22.9. The molecule has 6 nitrogen and oxygen atoms in total. The van der Waals surface area contributed by atoms with Crippen molar-refractivity contribution in [3.63, 3.8) is 0 Å². The number of benzene rings is 2. The standard InChI is InChI=1S/C22H28BrN3O3/c1-15(27)25-20(16-8-10-18(23)11-9-16)13-22(28)24-14-21(26(2)3)17-6-5-7-19(12-17)29-4/h5-12,20-21H,13-14H2,1-4H3,(H,24,28)(H,25,27). The van der Waals surface area contributed by atoms with E-state index in [1.165, 1.54) is 6.92 Å². The molecule has 0 fully saturated rings. The molecule has 2 atom stereocenters. The molecule has 0 radical (unpaired) electrons. The molecular weight excluding hydrogens is 434 g/mol. The van der Waals surface area contributed by atoms with Crippen molar-refractivity contribution in [1.82, 2.24) is 15.5 Å². The summed E-state index contributed by atoms with van der Waals surface area (Å²) in [6, 6.07) is 15.0. The Hall–Kier alpha value is -2.38. The molecule has 0 aliphatic rings. The highest BCUT2D eigenvalue weighted by Gasteiger charge is 2.20. The zero-order chi connectivity index (χ0) is 21.4. The largest absolute Gasteiger partial charge is 0.497 e. The first-order chi connectivity index (χ1) is 13.8. The summed E-state index contributed by atoms with van der Waals surface area (Å²) in [4.78, 5) is 26.3. The van der Waals surface area contributed by atoms with E-state index in [9.17, 15) is 9.59 Å². The molecule has 0 aliphatic heterocycles. The molecule has 2 amide bonds. The van der Waals surface area contributed by atoms with Crippen LogP contribution in [0.25, 0.3) is 0 Å². The van der Waals surface area contributed by atoms with Crippen LogP contribution in [0.2, 0.25) is 0 Å². The lowest BCUT2D eigenvalue weighted by molar-refractivity contribution is -0.123. The fourth-order valence-electron chi connectivity index (χ4n) is 3.11. The summed E-state index contributed by atoms with van der Waals surface area (Å²) in [5.41, 5.74) is 1.94. The van der Waals surface area contributed by atoms with Crippen molar-refractivity contribution in [2.24, 2.45) is 0 Å². The van der Waals surface area contributed by atoms with Crippen LogP contribution in [0.4, 0.5) is 0 Å². The highest BCUT2D eigenvalue weighted by molar-refractivity contribution is 9.10. The van der Waals surface area contributed by atoms with E-state index in [1.807, 2.05) is 62.6 Å². The van der Waals surface area contributed by atoms with E-state index >= 15 is 0 Å². The Labute approximate surface area is 180 Å². The van der Waals surface area contributed by atoms with E-state index in [4.69, 9.17) is 4.74 Å². The molecule has 29 heavy (non-hydrogen) atoms. The number of nitrogens with one attached hydrogen (secondary N) is 2. The molecule has 0 heterocycles. The predicted molar refractivity (Wildman–Crippen MR) is 118 cm³/mol. The van der Waals surface area contributed by atoms with Crippen LogP contribution in [0.5, 0.6) is 5.75 Å². The van der Waals surface area contributed by atoms with Crippen molar-refractivity contribution in [1.29, 1.82) is 0 Å². The minimum Gasteiger partial charge on any atom is -0.497 e. The van der Waals surface area contributed by atoms with Gasteiger partial charge in [-0.15, -0.1) is 0 Å². The van der Waals surface area contributed by atoms with E-state index in [0.29, 0.717) is 6.54 Å². The number of halogens is 1. The van der Waals surface area contributed by atoms with Crippen molar-refractivity contribution < 1.29 is 14.3 Å². The zero-order valence-electron chi connectivity index (χ0n) is 17.2. The molecule has 2 N–H and O–H groups in total. The Balaban J connectivity index is 2.05. The van der Waals surface area contributed by atoms with Gasteiger partial charge in [0.1, 0.15) is 5.75 Å². The number of amides is 2. The maximum Gasteiger partial charge on any atom is 0.222 e. The second kappa shape index (κ2) is 11.0. The van der Waals surface area contributed by atoms with Gasteiger partial charge in [-0.2, -0.15) is 0 Å². The molecule has 2 aromatic carbocycles. The average molecular weight is 462 g/mol. The zero-order valence-corrected chi connectivity index (χ0v) is 18.8. The molecule has 0 spiro atoms. The molecule has 7 heteroatoms. The smallest absolute Gasteiger partial charge is 0.222 e. The SMILES string of the molecule is COc1cccc(C(CNC(=O)CC(NC(C)=O)c2ccc(Br)cc2)N(C)C)c1. The van der Waals surface area contributed by atoms with E-state index in [2.05, 4.69) is 31.5 Å². The maximum atomic E-state index is 12.6. The molecule has 0 bridgehead atoms. The Bertz CT molecular complexity index is 824. The van der Waals surface area contributed by atoms with E-state index in [1.54, 1.807) is 7.11 Å². The summed E-state index contributed by atoms with van der Waals surface area (Å²) in [5, 5.41) is 5.86. The van der Waals surface area contributed by atoms with E-state index in [0.717, 1.165) is 21.3 Å². The van der Waals surface area contributed by atoms with Crippen molar-refractivity contribution >= 4 is 27.7 Å². The summed E-state index contributed by atoms with van der Waals surface area (Å²) in [6.45, 7) is 1.90. The second-order valence-electron chi connectivity index (χ2n) is 7.07. The Morgan fingerprint density at radius 3 is 2.38 bits per heavy atom. The molecule has 0 aliphatic carbocycles. The van der Waals surface area contributed by atoms with Gasteiger partial charge in [-0.3, -0.25) is 9.59 Å². The van der Waals surface area contributed by atoms with Gasteiger partial charge in [0, 0.05) is 17.9 Å². The first-order valence-electron chi connectivity index (χ1n) is 9.39. The molecule has 2 unspecified atom stereocenters. The first-order valence-corrected chi connectivity index (χ1v) is 10.2. The van der Waals surface area contributed by atoms with Gasteiger partial charge in [0.2, 0.25) is 11.8 Å². The van der Waals surface area contributed by atoms with Gasteiger partial charge >= 0.3 is 0 Å². The quantitative estimate of drug-likeness (QED) is 0.599. The van der Waals surface area contributed by atoms with E-state index in [-0.39, 0.29) is 30.3 Å². The fourth-order valence-corrected chi connectivity index (χ4v) is 3.37. The monoisotopic (exact) mass is 461 g/mol. The van der Waals surface area contributed by atoms with Crippen LogP contribution >= 0.6 is 15.9 Å². The van der Waals surface area contributed by atoms with Gasteiger partial charge in [0.15, 0.2) is 0 Å². The molecule has 156 valence electrons. The number of hydrogen-bond donors (Lipinski definition) is 2. The third kappa shape index (κ3) is 7.18. The third-order valence-electron chi connectivity index (χ3n) is 4.63. The van der Waals surface area contributed by atoms with Crippen LogP contribution in [0.1, 0.15) is 36.6 Å². The number of carbonyl (C=O) groups excluding carboxylic acids is 2. The number of nitrogens with zero attached hydrogens (tertiary/aromatic N) is 1. The molecule has 0 saturated heterocycles. The maximum absolute atomic E-state index is 12.6. The molecule has 2 rings (SSSR count). The second-order valence-corrected chi connectivity index (χ2v) is 7.98. The van der Waals surface area contributed by atoms with Crippen molar-refractivity contribution in [3.05, 3.63) is 64.1 Å². The van der Waals surface area contributed by atoms with Crippen LogP contribution in [0.15, 0.2) is 53.0 Å².